The third-order valence-electron chi connectivity index (χ3n) is 16.0. The molecule has 0 aliphatic carbocycles. The Morgan fingerprint density at radius 3 is 1.01 bits per heavy atom. The molecular weight excluding hydrogens is 1140 g/mol. The molecule has 6 rings (SSSR count). The number of carbonyl (C=O) groups excluding carboxylic acids is 1. The highest BCUT2D eigenvalue weighted by Crippen LogP contribution is 2.48. The second-order valence-corrected chi connectivity index (χ2v) is 20.9. The summed E-state index contributed by atoms with van der Waals surface area (Å²) in [5.41, 5.74) is -1.81. The standard InChI is InChI=1S/C33H33F7O3.C32H31F7O3/c1-6-30(7-2,25-11-10-22(20(3)16-25)14-15-31(42,32(35,36)37)33(38,39)40)26-12-13-27(21(4)17-26)23-8-9-24(28(34)18-23)19-29(41)43-5;1-5-29(6-2,24-10-9-21(19(3)15-24)13-14-30(42,31(34,35)36)32(37,38)39)25-11-12-26(20(4)16-25)22-7-8-23(18-28(40)41)27(33)17-22/h8-18,42H,6-7,19H2,1-5H3;7-17,42H,5-6,18H2,1-4H3,(H,40,41)/b15-14+;14-13+. The molecule has 6 nitrogen and oxygen atoms in total. The van der Waals surface area contributed by atoms with Crippen LogP contribution in [0, 0.1) is 39.3 Å². The average Bonchev–Trinajstić information content (AvgIpc) is 1.70. The summed E-state index contributed by atoms with van der Waals surface area (Å²) in [5, 5.41) is 27.9. The number of carboxylic acids is 1. The Hall–Kier alpha value is -7.32. The Kier molecular flexibility index (Phi) is 21.0. The van der Waals surface area contributed by atoms with E-state index in [2.05, 4.69) is 4.74 Å². The summed E-state index contributed by atoms with van der Waals surface area (Å²) in [5.74, 6) is -2.84. The summed E-state index contributed by atoms with van der Waals surface area (Å²) in [6.07, 6.45) is -21.2. The lowest BCUT2D eigenvalue weighted by Crippen LogP contribution is -2.55. The first-order chi connectivity index (χ1) is 39.3. The Bertz CT molecular complexity index is 3400. The largest absolute Gasteiger partial charge is 0.481 e. The summed E-state index contributed by atoms with van der Waals surface area (Å²) in [4.78, 5) is 22.5. The van der Waals surface area contributed by atoms with Gasteiger partial charge < -0.3 is 20.1 Å². The van der Waals surface area contributed by atoms with E-state index in [1.165, 1.54) is 37.4 Å². The van der Waals surface area contributed by atoms with Crippen LogP contribution in [0.3, 0.4) is 0 Å². The van der Waals surface area contributed by atoms with Crippen molar-refractivity contribution in [3.05, 3.63) is 200 Å². The molecule has 0 bridgehead atoms. The van der Waals surface area contributed by atoms with Gasteiger partial charge in [0.05, 0.1) is 20.0 Å². The Morgan fingerprint density at radius 2 is 0.753 bits per heavy atom. The van der Waals surface area contributed by atoms with Gasteiger partial charge >= 0.3 is 36.6 Å². The zero-order chi connectivity index (χ0) is 64.1. The van der Waals surface area contributed by atoms with Crippen LogP contribution >= 0.6 is 0 Å². The number of hydrogen-bond donors (Lipinski definition) is 3. The van der Waals surface area contributed by atoms with Gasteiger partial charge in [0.2, 0.25) is 0 Å². The maximum absolute atomic E-state index is 14.7. The number of aryl methyl sites for hydroxylation is 4. The molecular formula is C65H64F14O6. The minimum atomic E-state index is -5.95. The van der Waals surface area contributed by atoms with E-state index in [4.69, 9.17) is 5.11 Å². The fraction of sp³-hybridized carbons (Fsp3) is 0.354. The Balaban J connectivity index is 0.000000311. The molecule has 0 aliphatic rings. The number of alkyl halides is 12. The van der Waals surface area contributed by atoms with Gasteiger partial charge in [0.25, 0.3) is 11.2 Å². The van der Waals surface area contributed by atoms with E-state index in [1.807, 2.05) is 77.9 Å². The smallest absolute Gasteiger partial charge is 0.430 e. The minimum absolute atomic E-state index is 0.0756. The molecule has 3 N–H and O–H groups in total. The van der Waals surface area contributed by atoms with E-state index in [0.717, 1.165) is 44.5 Å². The highest BCUT2D eigenvalue weighted by Gasteiger charge is 2.70. The lowest BCUT2D eigenvalue weighted by Gasteiger charge is -2.34. The van der Waals surface area contributed by atoms with Crippen LogP contribution in [0.5, 0.6) is 0 Å². The normalized spacial score (nSPS) is 13.1. The van der Waals surface area contributed by atoms with E-state index in [0.29, 0.717) is 60.1 Å². The van der Waals surface area contributed by atoms with E-state index < -0.39 is 76.7 Å². The third kappa shape index (κ3) is 14.3. The van der Waals surface area contributed by atoms with Gasteiger partial charge in [0, 0.05) is 10.8 Å². The van der Waals surface area contributed by atoms with Gasteiger partial charge in [0.1, 0.15) is 11.6 Å². The van der Waals surface area contributed by atoms with Crippen molar-refractivity contribution in [3.63, 3.8) is 0 Å². The topological polar surface area (TPSA) is 104 Å². The highest BCUT2D eigenvalue weighted by atomic mass is 19.4. The molecule has 6 aromatic carbocycles. The van der Waals surface area contributed by atoms with Gasteiger partial charge in [-0.2, -0.15) is 52.7 Å². The zero-order valence-electron chi connectivity index (χ0n) is 47.8. The van der Waals surface area contributed by atoms with Crippen molar-refractivity contribution in [3.8, 4) is 22.3 Å². The molecule has 6 aromatic rings. The number of methoxy groups -OCH3 is 1. The van der Waals surface area contributed by atoms with Crippen LogP contribution in [0.4, 0.5) is 61.5 Å². The van der Waals surface area contributed by atoms with Gasteiger partial charge in [-0.15, -0.1) is 0 Å². The molecule has 0 atom stereocenters. The van der Waals surface area contributed by atoms with Gasteiger partial charge in [-0.3, -0.25) is 9.59 Å². The summed E-state index contributed by atoms with van der Waals surface area (Å²) < 4.78 is 191. The average molecular weight is 1210 g/mol. The third-order valence-corrected chi connectivity index (χ3v) is 16.0. The van der Waals surface area contributed by atoms with Crippen LogP contribution in [0.25, 0.3) is 34.4 Å². The molecule has 0 fully saturated rings. The number of rotatable bonds is 18. The van der Waals surface area contributed by atoms with Crippen molar-refractivity contribution in [2.45, 2.75) is 141 Å². The number of aliphatic hydroxyl groups is 2. The van der Waals surface area contributed by atoms with Crippen LogP contribution < -0.4 is 0 Å². The summed E-state index contributed by atoms with van der Waals surface area (Å²) in [6.45, 7) is 14.8. The first-order valence-electron chi connectivity index (χ1n) is 26.7. The van der Waals surface area contributed by atoms with Crippen LogP contribution in [-0.2, 0) is 38.0 Å². The van der Waals surface area contributed by atoms with Crippen molar-refractivity contribution in [1.29, 1.82) is 0 Å². The van der Waals surface area contributed by atoms with E-state index in [9.17, 15) is 81.3 Å². The fourth-order valence-corrected chi connectivity index (χ4v) is 10.6. The van der Waals surface area contributed by atoms with Crippen molar-refractivity contribution in [2.75, 3.05) is 7.11 Å². The minimum Gasteiger partial charge on any atom is -0.481 e. The first kappa shape index (κ1) is 68.5. The van der Waals surface area contributed by atoms with Crippen molar-refractivity contribution in [1.82, 2.24) is 0 Å². The zero-order valence-corrected chi connectivity index (χ0v) is 47.8. The van der Waals surface area contributed by atoms with E-state index in [-0.39, 0.29) is 40.8 Å². The first-order valence-corrected chi connectivity index (χ1v) is 26.7. The number of carbonyl (C=O) groups is 2. The monoisotopic (exact) mass is 1210 g/mol. The molecule has 0 aromatic heterocycles. The van der Waals surface area contributed by atoms with Crippen molar-refractivity contribution in [2.24, 2.45) is 0 Å². The number of carboxylic acid groups (broad SMARTS) is 1. The number of aliphatic carboxylic acids is 1. The van der Waals surface area contributed by atoms with Crippen LogP contribution in [0.2, 0.25) is 0 Å². The van der Waals surface area contributed by atoms with Gasteiger partial charge in [-0.05, 0) is 167 Å². The van der Waals surface area contributed by atoms with Crippen LogP contribution in [0.15, 0.2) is 121 Å². The fourth-order valence-electron chi connectivity index (χ4n) is 10.6. The molecule has 0 aliphatic heterocycles. The Morgan fingerprint density at radius 1 is 0.447 bits per heavy atom. The van der Waals surface area contributed by atoms with Gasteiger partial charge in [0.15, 0.2) is 0 Å². The van der Waals surface area contributed by atoms with Crippen molar-refractivity contribution < 1.29 is 91.1 Å². The molecule has 0 amide bonds. The number of benzene rings is 6. The molecule has 0 saturated heterocycles. The SMILES string of the molecule is CCC(CC)(c1ccc(/C=C/C(O)(C(F)(F)F)C(F)(F)F)c(C)c1)c1ccc(-c2ccc(CC(=O)O)c(F)c2)c(C)c1.CCC(CC)(c1ccc(/C=C/C(O)(C(F)(F)F)C(F)(F)F)c(C)c1)c1ccc(-c2ccc(CC(=O)OC)c(F)c2)c(C)c1. The number of esters is 1. The summed E-state index contributed by atoms with van der Waals surface area (Å²) in [7, 11) is 1.23. The highest BCUT2D eigenvalue weighted by molar-refractivity contribution is 5.75. The number of ether oxygens (including phenoxy) is 1. The molecule has 458 valence electrons. The molecule has 0 saturated carbocycles. The molecule has 0 unspecified atom stereocenters. The number of hydrogen-bond acceptors (Lipinski definition) is 5. The predicted octanol–water partition coefficient (Wildman–Crippen LogP) is 17.5. The lowest BCUT2D eigenvalue weighted by molar-refractivity contribution is -0.348. The molecule has 0 spiro atoms. The van der Waals surface area contributed by atoms with E-state index >= 15 is 0 Å². The predicted molar refractivity (Wildman–Crippen MR) is 297 cm³/mol. The second-order valence-electron chi connectivity index (χ2n) is 20.9. The van der Waals surface area contributed by atoms with E-state index in [1.54, 1.807) is 56.3 Å². The maximum Gasteiger partial charge on any atom is 0.430 e. The maximum atomic E-state index is 14.7. The van der Waals surface area contributed by atoms with Crippen LogP contribution in [-0.4, -0.2) is 70.3 Å². The second kappa shape index (κ2) is 26.1. The van der Waals surface area contributed by atoms with Crippen molar-refractivity contribution >= 4 is 24.1 Å². The molecule has 20 heteroatoms. The lowest BCUT2D eigenvalue weighted by atomic mass is 9.69. The summed E-state index contributed by atoms with van der Waals surface area (Å²) in [6, 6.07) is 30.1. The Labute approximate surface area is 483 Å². The molecule has 85 heavy (non-hydrogen) atoms. The summed E-state index contributed by atoms with van der Waals surface area (Å²) >= 11 is 0. The van der Waals surface area contributed by atoms with Gasteiger partial charge in [-0.25, -0.2) is 8.78 Å². The number of halogens is 14. The van der Waals surface area contributed by atoms with Crippen LogP contribution in [0.1, 0.15) is 120 Å². The van der Waals surface area contributed by atoms with Gasteiger partial charge in [-0.1, -0.05) is 137 Å². The molecule has 0 radical (unpaired) electrons. The molecule has 0 heterocycles. The quantitative estimate of drug-likeness (QED) is 0.0585.